The molecular weight excluding hydrogens is 402 g/mol. The van der Waals surface area contributed by atoms with Gasteiger partial charge < -0.3 is 14.5 Å². The van der Waals surface area contributed by atoms with Gasteiger partial charge in [-0.3, -0.25) is 9.10 Å². The van der Waals surface area contributed by atoms with Gasteiger partial charge in [0.2, 0.25) is 15.9 Å². The molecule has 0 saturated carbocycles. The van der Waals surface area contributed by atoms with Crippen LogP contribution in [0.25, 0.3) is 0 Å². The van der Waals surface area contributed by atoms with E-state index in [2.05, 4.69) is 4.90 Å². The van der Waals surface area contributed by atoms with Crippen LogP contribution < -0.4 is 13.9 Å². The van der Waals surface area contributed by atoms with E-state index < -0.39 is 10.0 Å². The van der Waals surface area contributed by atoms with E-state index in [1.54, 1.807) is 12.0 Å². The zero-order valence-corrected chi connectivity index (χ0v) is 18.8. The molecule has 1 heterocycles. The van der Waals surface area contributed by atoms with E-state index in [4.69, 9.17) is 4.74 Å². The first-order chi connectivity index (χ1) is 14.2. The summed E-state index contributed by atoms with van der Waals surface area (Å²) in [6.45, 7) is 6.02. The molecule has 1 saturated heterocycles. The van der Waals surface area contributed by atoms with E-state index in [0.717, 1.165) is 28.8 Å². The number of benzene rings is 2. The number of hydrogen-bond acceptors (Lipinski definition) is 5. The van der Waals surface area contributed by atoms with Crippen molar-refractivity contribution in [2.24, 2.45) is 0 Å². The number of para-hydroxylation sites is 1. The zero-order chi connectivity index (χ0) is 21.9. The van der Waals surface area contributed by atoms with Crippen molar-refractivity contribution < 1.29 is 17.9 Å². The van der Waals surface area contributed by atoms with E-state index in [1.165, 1.54) is 4.31 Å². The summed E-state index contributed by atoms with van der Waals surface area (Å²) in [4.78, 5) is 16.9. The van der Waals surface area contributed by atoms with E-state index in [1.807, 2.05) is 56.3 Å². The van der Waals surface area contributed by atoms with Crippen LogP contribution in [0.4, 0.5) is 11.4 Å². The number of carbonyl (C=O) groups excluding carboxylic acids is 1. The molecule has 1 aliphatic heterocycles. The van der Waals surface area contributed by atoms with E-state index >= 15 is 0 Å². The molecule has 1 aliphatic rings. The first-order valence-corrected chi connectivity index (χ1v) is 11.8. The lowest BCUT2D eigenvalue weighted by Gasteiger charge is -2.37. The number of sulfonamides is 1. The minimum absolute atomic E-state index is 0.183. The number of methoxy groups -OCH3 is 1. The van der Waals surface area contributed by atoms with Crippen LogP contribution in [0.2, 0.25) is 0 Å². The molecule has 162 valence electrons. The Morgan fingerprint density at radius 1 is 1.00 bits per heavy atom. The van der Waals surface area contributed by atoms with Crippen molar-refractivity contribution >= 4 is 27.3 Å². The van der Waals surface area contributed by atoms with Crippen LogP contribution in [0.3, 0.4) is 0 Å². The maximum absolute atomic E-state index is 13.0. The number of amides is 1. The molecule has 1 amide bonds. The van der Waals surface area contributed by atoms with Crippen molar-refractivity contribution in [1.82, 2.24) is 4.90 Å². The summed E-state index contributed by atoms with van der Waals surface area (Å²) in [6, 6.07) is 13.4. The van der Waals surface area contributed by atoms with Crippen LogP contribution in [-0.4, -0.2) is 65.3 Å². The predicted molar refractivity (Wildman–Crippen MR) is 120 cm³/mol. The maximum Gasteiger partial charge on any atom is 0.243 e. The van der Waals surface area contributed by atoms with E-state index in [0.29, 0.717) is 31.9 Å². The molecule has 0 aromatic heterocycles. The van der Waals surface area contributed by atoms with E-state index in [-0.39, 0.29) is 12.5 Å². The fourth-order valence-corrected chi connectivity index (χ4v) is 4.76. The number of aryl methyl sites for hydroxylation is 2. The highest BCUT2D eigenvalue weighted by Gasteiger charge is 2.28. The Balaban J connectivity index is 1.69. The van der Waals surface area contributed by atoms with Crippen molar-refractivity contribution in [2.75, 3.05) is 55.3 Å². The fourth-order valence-electron chi connectivity index (χ4n) is 3.79. The molecule has 0 unspecified atom stereocenters. The highest BCUT2D eigenvalue weighted by Crippen LogP contribution is 2.27. The normalized spacial score (nSPS) is 14.5. The third kappa shape index (κ3) is 4.87. The van der Waals surface area contributed by atoms with Gasteiger partial charge in [0.15, 0.2) is 0 Å². The molecule has 0 N–H and O–H groups in total. The highest BCUT2D eigenvalue weighted by molar-refractivity contribution is 7.92. The fraction of sp³-hybridized carbons (Fsp3) is 0.409. The van der Waals surface area contributed by atoms with Gasteiger partial charge in [0, 0.05) is 31.9 Å². The summed E-state index contributed by atoms with van der Waals surface area (Å²) in [5.41, 5.74) is 3.33. The first kappa shape index (κ1) is 22.0. The molecule has 2 aromatic carbocycles. The maximum atomic E-state index is 13.0. The lowest BCUT2D eigenvalue weighted by Crippen LogP contribution is -2.52. The molecule has 30 heavy (non-hydrogen) atoms. The topological polar surface area (TPSA) is 70.2 Å². The summed E-state index contributed by atoms with van der Waals surface area (Å²) in [5, 5.41) is 0. The Kier molecular flexibility index (Phi) is 6.55. The van der Waals surface area contributed by atoms with Gasteiger partial charge in [-0.2, -0.15) is 0 Å². The molecule has 0 bridgehead atoms. The Bertz CT molecular complexity index is 977. The third-order valence-corrected chi connectivity index (χ3v) is 6.55. The summed E-state index contributed by atoms with van der Waals surface area (Å²) in [7, 11) is -1.96. The molecule has 0 atom stereocenters. The monoisotopic (exact) mass is 431 g/mol. The van der Waals surface area contributed by atoms with Gasteiger partial charge >= 0.3 is 0 Å². The first-order valence-electron chi connectivity index (χ1n) is 9.91. The summed E-state index contributed by atoms with van der Waals surface area (Å²) >= 11 is 0. The van der Waals surface area contributed by atoms with Gasteiger partial charge in [-0.25, -0.2) is 8.42 Å². The van der Waals surface area contributed by atoms with Gasteiger partial charge in [0.25, 0.3) is 0 Å². The average molecular weight is 432 g/mol. The number of piperazine rings is 1. The van der Waals surface area contributed by atoms with Crippen LogP contribution in [0.15, 0.2) is 42.5 Å². The SMILES string of the molecule is COc1ccc(N2CCN(C(=O)CN(c3c(C)cccc3C)S(C)(=O)=O)CC2)cc1. The number of rotatable bonds is 6. The zero-order valence-electron chi connectivity index (χ0n) is 18.0. The van der Waals surface area contributed by atoms with Crippen molar-refractivity contribution in [3.63, 3.8) is 0 Å². The van der Waals surface area contributed by atoms with Gasteiger partial charge in [-0.05, 0) is 49.2 Å². The molecule has 2 aromatic rings. The standard InChI is InChI=1S/C22H29N3O4S/c1-17-6-5-7-18(2)22(17)25(30(4,27)28)16-21(26)24-14-12-23(13-15-24)19-8-10-20(29-3)11-9-19/h5-11H,12-16H2,1-4H3. The van der Waals surface area contributed by atoms with Crippen LogP contribution >= 0.6 is 0 Å². The average Bonchev–Trinajstić information content (AvgIpc) is 2.72. The second-order valence-electron chi connectivity index (χ2n) is 7.58. The van der Waals surface area contributed by atoms with Crippen LogP contribution in [-0.2, 0) is 14.8 Å². The van der Waals surface area contributed by atoms with Crippen molar-refractivity contribution in [1.29, 1.82) is 0 Å². The molecule has 0 spiro atoms. The van der Waals surface area contributed by atoms with Gasteiger partial charge in [-0.15, -0.1) is 0 Å². The molecule has 0 radical (unpaired) electrons. The number of hydrogen-bond donors (Lipinski definition) is 0. The summed E-state index contributed by atoms with van der Waals surface area (Å²) in [5.74, 6) is 0.623. The Hall–Kier alpha value is -2.74. The molecular formula is C22H29N3O4S. The van der Waals surface area contributed by atoms with Crippen molar-refractivity contribution in [3.8, 4) is 5.75 Å². The minimum Gasteiger partial charge on any atom is -0.497 e. The Labute approximate surface area is 178 Å². The number of ether oxygens (including phenoxy) is 1. The third-order valence-electron chi connectivity index (χ3n) is 5.44. The van der Waals surface area contributed by atoms with Crippen LogP contribution in [0, 0.1) is 13.8 Å². The smallest absolute Gasteiger partial charge is 0.243 e. The van der Waals surface area contributed by atoms with Crippen LogP contribution in [0.5, 0.6) is 5.75 Å². The lowest BCUT2D eigenvalue weighted by molar-refractivity contribution is -0.129. The second-order valence-corrected chi connectivity index (χ2v) is 9.48. The second kappa shape index (κ2) is 8.95. The molecule has 0 aliphatic carbocycles. The number of nitrogens with zero attached hydrogens (tertiary/aromatic N) is 3. The Morgan fingerprint density at radius 2 is 1.57 bits per heavy atom. The summed E-state index contributed by atoms with van der Waals surface area (Å²) in [6.07, 6.45) is 1.15. The molecule has 3 rings (SSSR count). The Morgan fingerprint density at radius 3 is 2.07 bits per heavy atom. The van der Waals surface area contributed by atoms with Crippen molar-refractivity contribution in [3.05, 3.63) is 53.6 Å². The number of carbonyl (C=O) groups is 1. The van der Waals surface area contributed by atoms with E-state index in [9.17, 15) is 13.2 Å². The van der Waals surface area contributed by atoms with Gasteiger partial charge in [0.1, 0.15) is 12.3 Å². The van der Waals surface area contributed by atoms with Crippen LogP contribution in [0.1, 0.15) is 11.1 Å². The summed E-state index contributed by atoms with van der Waals surface area (Å²) < 4.78 is 31.4. The quantitative estimate of drug-likeness (QED) is 0.703. The largest absolute Gasteiger partial charge is 0.497 e. The molecule has 8 heteroatoms. The van der Waals surface area contributed by atoms with Crippen molar-refractivity contribution in [2.45, 2.75) is 13.8 Å². The van der Waals surface area contributed by atoms with Gasteiger partial charge in [-0.1, -0.05) is 18.2 Å². The molecule has 7 nitrogen and oxygen atoms in total. The number of anilines is 2. The lowest BCUT2D eigenvalue weighted by atomic mass is 10.1. The van der Waals surface area contributed by atoms with Gasteiger partial charge in [0.05, 0.1) is 19.1 Å². The predicted octanol–water partition coefficient (Wildman–Crippen LogP) is 2.43. The highest BCUT2D eigenvalue weighted by atomic mass is 32.2. The molecule has 1 fully saturated rings. The minimum atomic E-state index is -3.59.